The average molecular weight is 198 g/mol. The first kappa shape index (κ1) is 10.7. The predicted molar refractivity (Wildman–Crippen MR) is 58.1 cm³/mol. The van der Waals surface area contributed by atoms with Crippen LogP contribution in [0.4, 0.5) is 0 Å². The van der Waals surface area contributed by atoms with Crippen LogP contribution in [0.1, 0.15) is 36.6 Å². The van der Waals surface area contributed by atoms with Gasteiger partial charge in [0.1, 0.15) is 0 Å². The van der Waals surface area contributed by atoms with Crippen molar-refractivity contribution in [3.63, 3.8) is 0 Å². The van der Waals surface area contributed by atoms with Gasteiger partial charge in [0.25, 0.3) is 0 Å². The van der Waals surface area contributed by atoms with E-state index in [1.165, 1.54) is 9.88 Å². The van der Waals surface area contributed by atoms with Crippen LogP contribution < -0.4 is 5.73 Å². The fourth-order valence-corrected chi connectivity index (χ4v) is 2.31. The Labute approximate surface area is 84.2 Å². The molecule has 0 spiro atoms. The van der Waals surface area contributed by atoms with Crippen LogP contribution in [-0.4, -0.2) is 11.5 Å². The zero-order valence-corrected chi connectivity index (χ0v) is 9.40. The lowest BCUT2D eigenvalue weighted by Gasteiger charge is -2.02. The van der Waals surface area contributed by atoms with E-state index in [1.807, 2.05) is 6.20 Å². The Bertz CT molecular complexity index is 255. The van der Waals surface area contributed by atoms with E-state index in [0.29, 0.717) is 18.4 Å². The Morgan fingerprint density at radius 3 is 2.69 bits per heavy atom. The van der Waals surface area contributed by atoms with Crippen LogP contribution in [-0.2, 0) is 6.42 Å². The van der Waals surface area contributed by atoms with Crippen molar-refractivity contribution in [2.45, 2.75) is 33.1 Å². The first-order valence-corrected chi connectivity index (χ1v) is 5.59. The number of thiazole rings is 1. The van der Waals surface area contributed by atoms with E-state index in [2.05, 4.69) is 25.8 Å². The maximum Gasteiger partial charge on any atom is 0.0930 e. The van der Waals surface area contributed by atoms with Gasteiger partial charge in [0.2, 0.25) is 0 Å². The summed E-state index contributed by atoms with van der Waals surface area (Å²) >= 11 is 1.80. The van der Waals surface area contributed by atoms with E-state index >= 15 is 0 Å². The van der Waals surface area contributed by atoms with Gasteiger partial charge in [0.05, 0.1) is 5.01 Å². The van der Waals surface area contributed by atoms with Gasteiger partial charge in [0, 0.05) is 23.4 Å². The molecule has 0 aromatic carbocycles. The number of aromatic nitrogens is 1. The first-order chi connectivity index (χ1) is 6.13. The van der Waals surface area contributed by atoms with Gasteiger partial charge in [-0.05, 0) is 12.5 Å². The highest BCUT2D eigenvalue weighted by Gasteiger charge is 2.08. The Hall–Kier alpha value is -0.410. The lowest BCUT2D eigenvalue weighted by atomic mass is 10.1. The number of nitrogens with two attached hydrogens (primary N) is 1. The van der Waals surface area contributed by atoms with Gasteiger partial charge >= 0.3 is 0 Å². The molecule has 1 aromatic rings. The lowest BCUT2D eigenvalue weighted by molar-refractivity contribution is 0.644. The molecule has 0 aliphatic carbocycles. The molecule has 2 N–H and O–H groups in total. The van der Waals surface area contributed by atoms with Crippen LogP contribution in [0.15, 0.2) is 6.20 Å². The van der Waals surface area contributed by atoms with Crippen molar-refractivity contribution in [1.82, 2.24) is 4.98 Å². The number of hydrogen-bond acceptors (Lipinski definition) is 3. The van der Waals surface area contributed by atoms with Crippen LogP contribution in [0.5, 0.6) is 0 Å². The van der Waals surface area contributed by atoms with Gasteiger partial charge in [-0.1, -0.05) is 20.8 Å². The molecular weight excluding hydrogens is 180 g/mol. The molecule has 1 aromatic heterocycles. The molecule has 74 valence electrons. The van der Waals surface area contributed by atoms with Crippen molar-refractivity contribution in [2.24, 2.45) is 11.7 Å². The summed E-state index contributed by atoms with van der Waals surface area (Å²) in [6.07, 6.45) is 3.06. The minimum absolute atomic E-state index is 0.457. The van der Waals surface area contributed by atoms with Gasteiger partial charge in [-0.25, -0.2) is 4.98 Å². The standard InChI is InChI=1S/C10H18N2S/c1-7(2)4-10-12-6-9(13-10)8(3)5-11/h6-8H,4-5,11H2,1-3H3. The minimum atomic E-state index is 0.457. The molecule has 0 aliphatic rings. The van der Waals surface area contributed by atoms with Gasteiger partial charge in [-0.2, -0.15) is 0 Å². The largest absolute Gasteiger partial charge is 0.330 e. The zero-order valence-electron chi connectivity index (χ0n) is 8.58. The minimum Gasteiger partial charge on any atom is -0.330 e. The van der Waals surface area contributed by atoms with Crippen LogP contribution in [0, 0.1) is 5.92 Å². The molecule has 2 nitrogen and oxygen atoms in total. The van der Waals surface area contributed by atoms with Crippen LogP contribution in [0.25, 0.3) is 0 Å². The summed E-state index contributed by atoms with van der Waals surface area (Å²) in [5.41, 5.74) is 5.59. The molecule has 13 heavy (non-hydrogen) atoms. The Morgan fingerprint density at radius 2 is 2.15 bits per heavy atom. The molecule has 0 radical (unpaired) electrons. The molecule has 0 saturated heterocycles. The second-order valence-corrected chi connectivity index (χ2v) is 5.04. The monoisotopic (exact) mass is 198 g/mol. The fraction of sp³-hybridized carbons (Fsp3) is 0.700. The van der Waals surface area contributed by atoms with Crippen molar-refractivity contribution in [3.8, 4) is 0 Å². The van der Waals surface area contributed by atoms with Gasteiger partial charge < -0.3 is 5.73 Å². The van der Waals surface area contributed by atoms with E-state index in [-0.39, 0.29) is 0 Å². The second-order valence-electron chi connectivity index (χ2n) is 3.89. The summed E-state index contributed by atoms with van der Waals surface area (Å²) in [5, 5.41) is 1.24. The molecule has 1 atom stereocenters. The third-order valence-electron chi connectivity index (χ3n) is 1.99. The molecule has 0 aliphatic heterocycles. The molecule has 0 fully saturated rings. The Kier molecular flexibility index (Phi) is 3.88. The van der Waals surface area contributed by atoms with Crippen molar-refractivity contribution in [1.29, 1.82) is 0 Å². The highest BCUT2D eigenvalue weighted by molar-refractivity contribution is 7.11. The molecule has 0 amide bonds. The van der Waals surface area contributed by atoms with Crippen molar-refractivity contribution < 1.29 is 0 Å². The number of rotatable bonds is 4. The number of hydrogen-bond donors (Lipinski definition) is 1. The van der Waals surface area contributed by atoms with E-state index in [0.717, 1.165) is 6.42 Å². The molecule has 0 bridgehead atoms. The third-order valence-corrected chi connectivity index (χ3v) is 3.24. The maximum atomic E-state index is 5.59. The highest BCUT2D eigenvalue weighted by Crippen LogP contribution is 2.23. The van der Waals surface area contributed by atoms with E-state index in [4.69, 9.17) is 5.73 Å². The van der Waals surface area contributed by atoms with Crippen molar-refractivity contribution in [3.05, 3.63) is 16.1 Å². The van der Waals surface area contributed by atoms with Crippen LogP contribution >= 0.6 is 11.3 Å². The molecule has 1 heterocycles. The normalized spacial score (nSPS) is 13.6. The third kappa shape index (κ3) is 3.08. The summed E-state index contributed by atoms with van der Waals surface area (Å²) in [5.74, 6) is 1.14. The summed E-state index contributed by atoms with van der Waals surface area (Å²) in [7, 11) is 0. The Balaban J connectivity index is 2.63. The van der Waals surface area contributed by atoms with E-state index in [1.54, 1.807) is 11.3 Å². The molecule has 0 saturated carbocycles. The topological polar surface area (TPSA) is 38.9 Å². The van der Waals surface area contributed by atoms with Crippen molar-refractivity contribution in [2.75, 3.05) is 6.54 Å². The van der Waals surface area contributed by atoms with E-state index in [9.17, 15) is 0 Å². The second kappa shape index (κ2) is 4.72. The lowest BCUT2D eigenvalue weighted by Crippen LogP contribution is -2.07. The predicted octanol–water partition coefficient (Wildman–Crippen LogP) is 2.40. The molecule has 1 unspecified atom stereocenters. The summed E-state index contributed by atoms with van der Waals surface area (Å²) in [6, 6.07) is 0. The van der Waals surface area contributed by atoms with Gasteiger partial charge in [0.15, 0.2) is 0 Å². The average Bonchev–Trinajstić information content (AvgIpc) is 2.50. The highest BCUT2D eigenvalue weighted by atomic mass is 32.1. The summed E-state index contributed by atoms with van der Waals surface area (Å²) in [4.78, 5) is 5.71. The summed E-state index contributed by atoms with van der Waals surface area (Å²) < 4.78 is 0. The van der Waals surface area contributed by atoms with Gasteiger partial charge in [-0.3, -0.25) is 0 Å². The molecular formula is C10H18N2S. The van der Waals surface area contributed by atoms with Gasteiger partial charge in [-0.15, -0.1) is 11.3 Å². The van der Waals surface area contributed by atoms with E-state index < -0.39 is 0 Å². The number of nitrogens with zero attached hydrogens (tertiary/aromatic N) is 1. The quantitative estimate of drug-likeness (QED) is 0.807. The Morgan fingerprint density at radius 1 is 1.46 bits per heavy atom. The zero-order chi connectivity index (χ0) is 9.84. The maximum absolute atomic E-state index is 5.59. The first-order valence-electron chi connectivity index (χ1n) is 4.78. The van der Waals surface area contributed by atoms with Crippen LogP contribution in [0.2, 0.25) is 0 Å². The SMILES string of the molecule is CC(C)Cc1ncc(C(C)CN)s1. The fourth-order valence-electron chi connectivity index (χ4n) is 1.11. The summed E-state index contributed by atoms with van der Waals surface area (Å²) in [6.45, 7) is 7.29. The molecule has 3 heteroatoms. The van der Waals surface area contributed by atoms with Crippen LogP contribution in [0.3, 0.4) is 0 Å². The van der Waals surface area contributed by atoms with Crippen molar-refractivity contribution >= 4 is 11.3 Å². The smallest absolute Gasteiger partial charge is 0.0930 e. The molecule has 1 rings (SSSR count).